The number of amides is 3. The number of fused-ring (bicyclic) bond motifs is 2. The Balaban J connectivity index is 1.70. The van der Waals surface area contributed by atoms with Crippen LogP contribution in [0.15, 0.2) is 42.5 Å². The Hall–Kier alpha value is -3.19. The van der Waals surface area contributed by atoms with Gasteiger partial charge in [-0.1, -0.05) is 42.8 Å². The van der Waals surface area contributed by atoms with E-state index in [9.17, 15) is 14.4 Å². The molecule has 4 rings (SSSR count). The highest BCUT2D eigenvalue weighted by atomic mass is 32.1. The molecular weight excluding hydrogens is 398 g/mol. The van der Waals surface area contributed by atoms with Crippen LogP contribution in [0, 0.1) is 0 Å². The maximum absolute atomic E-state index is 13.1. The van der Waals surface area contributed by atoms with Gasteiger partial charge >= 0.3 is 0 Å². The first-order valence-electron chi connectivity index (χ1n) is 10.0. The van der Waals surface area contributed by atoms with Crippen molar-refractivity contribution in [2.45, 2.75) is 39.0 Å². The molecule has 6 nitrogen and oxygen atoms in total. The zero-order valence-electron chi connectivity index (χ0n) is 16.7. The van der Waals surface area contributed by atoms with Crippen molar-refractivity contribution in [1.82, 2.24) is 10.9 Å². The molecule has 1 aliphatic carbocycles. The fourth-order valence-electron chi connectivity index (χ4n) is 3.87. The van der Waals surface area contributed by atoms with E-state index < -0.39 is 5.91 Å². The van der Waals surface area contributed by atoms with Crippen LogP contribution in [0.2, 0.25) is 0 Å². The molecule has 154 valence electrons. The van der Waals surface area contributed by atoms with Crippen molar-refractivity contribution in [2.75, 3.05) is 5.32 Å². The molecule has 2 aromatic carbocycles. The maximum atomic E-state index is 13.1. The highest BCUT2D eigenvalue weighted by Crippen LogP contribution is 2.38. The number of nitrogens with one attached hydrogen (secondary N) is 3. The molecule has 0 unspecified atom stereocenters. The van der Waals surface area contributed by atoms with E-state index in [1.54, 1.807) is 6.07 Å². The Morgan fingerprint density at radius 3 is 2.47 bits per heavy atom. The van der Waals surface area contributed by atoms with Crippen molar-refractivity contribution in [3.05, 3.63) is 64.0 Å². The molecule has 0 aliphatic heterocycles. The highest BCUT2D eigenvalue weighted by Gasteiger charge is 2.26. The van der Waals surface area contributed by atoms with Gasteiger partial charge in [0.1, 0.15) is 5.00 Å². The Bertz CT molecular complexity index is 1130. The largest absolute Gasteiger partial charge is 0.313 e. The Kier molecular flexibility index (Phi) is 5.81. The van der Waals surface area contributed by atoms with Crippen molar-refractivity contribution < 1.29 is 14.4 Å². The summed E-state index contributed by atoms with van der Waals surface area (Å²) < 4.78 is 0. The first kappa shape index (κ1) is 20.1. The summed E-state index contributed by atoms with van der Waals surface area (Å²) >= 11 is 1.46. The maximum Gasteiger partial charge on any atom is 0.272 e. The van der Waals surface area contributed by atoms with E-state index in [0.29, 0.717) is 16.1 Å². The molecule has 1 aliphatic rings. The van der Waals surface area contributed by atoms with Crippen LogP contribution in [0.4, 0.5) is 5.00 Å². The second-order valence-electron chi connectivity index (χ2n) is 7.38. The number of benzene rings is 2. The number of carbonyl (C=O) groups excluding carboxylic acids is 3. The number of hydrogen-bond acceptors (Lipinski definition) is 4. The van der Waals surface area contributed by atoms with Crippen molar-refractivity contribution in [1.29, 1.82) is 0 Å². The van der Waals surface area contributed by atoms with Gasteiger partial charge in [-0.2, -0.15) is 0 Å². The quantitative estimate of drug-likeness (QED) is 0.437. The van der Waals surface area contributed by atoms with Gasteiger partial charge in [0, 0.05) is 17.4 Å². The molecule has 0 atom stereocenters. The van der Waals surface area contributed by atoms with Crippen LogP contribution in [0.1, 0.15) is 57.3 Å². The van der Waals surface area contributed by atoms with Crippen LogP contribution in [-0.2, 0) is 17.6 Å². The van der Waals surface area contributed by atoms with Crippen LogP contribution in [0.5, 0.6) is 0 Å². The van der Waals surface area contributed by atoms with Gasteiger partial charge in [0.05, 0.1) is 5.56 Å². The molecule has 1 aromatic heterocycles. The number of thiophene rings is 1. The predicted octanol–water partition coefficient (Wildman–Crippen LogP) is 4.20. The molecule has 7 heteroatoms. The lowest BCUT2D eigenvalue weighted by molar-refractivity contribution is -0.119. The minimum Gasteiger partial charge on any atom is -0.313 e. The lowest BCUT2D eigenvalue weighted by atomic mass is 10.0. The molecule has 0 bridgehead atoms. The number of aryl methyl sites for hydroxylation is 1. The fraction of sp³-hybridized carbons (Fsp3) is 0.261. The summed E-state index contributed by atoms with van der Waals surface area (Å²) in [4.78, 5) is 38.4. The zero-order chi connectivity index (χ0) is 21.1. The molecule has 3 aromatic rings. The molecule has 1 heterocycles. The Morgan fingerprint density at radius 1 is 0.867 bits per heavy atom. The Morgan fingerprint density at radius 2 is 1.63 bits per heavy atom. The van der Waals surface area contributed by atoms with Crippen LogP contribution in [0.3, 0.4) is 0 Å². The summed E-state index contributed by atoms with van der Waals surface area (Å²) in [6.07, 6.45) is 4.87. The van der Waals surface area contributed by atoms with Crippen LogP contribution in [0.25, 0.3) is 10.8 Å². The zero-order valence-corrected chi connectivity index (χ0v) is 17.5. The molecule has 3 amide bonds. The van der Waals surface area contributed by atoms with Crippen molar-refractivity contribution in [3.8, 4) is 0 Å². The second kappa shape index (κ2) is 8.67. The lowest BCUT2D eigenvalue weighted by Crippen LogP contribution is -2.40. The van der Waals surface area contributed by atoms with E-state index in [1.807, 2.05) is 36.4 Å². The van der Waals surface area contributed by atoms with E-state index in [4.69, 9.17) is 0 Å². The van der Waals surface area contributed by atoms with E-state index in [0.717, 1.165) is 53.3 Å². The smallest absolute Gasteiger partial charge is 0.272 e. The normalized spacial score (nSPS) is 13.2. The average molecular weight is 422 g/mol. The SMILES string of the molecule is CC(=O)NNC(=O)c1c(NC(=O)c2cccc3ccccc23)sc2c1CCCCC2. The number of hydrazine groups is 1. The highest BCUT2D eigenvalue weighted by molar-refractivity contribution is 7.17. The minimum absolute atomic E-state index is 0.253. The third kappa shape index (κ3) is 4.07. The monoisotopic (exact) mass is 421 g/mol. The standard InChI is InChI=1S/C23H23N3O3S/c1-14(27)25-26-22(29)20-18-11-3-2-4-13-19(18)30-23(20)24-21(28)17-12-7-9-15-8-5-6-10-16(15)17/h5-10,12H,2-4,11,13H2,1H3,(H,24,28)(H,25,27)(H,26,29). The number of hydrogen-bond donors (Lipinski definition) is 3. The van der Waals surface area contributed by atoms with Crippen LogP contribution >= 0.6 is 11.3 Å². The second-order valence-corrected chi connectivity index (χ2v) is 8.49. The Labute approximate surface area is 178 Å². The van der Waals surface area contributed by atoms with Gasteiger partial charge in [0.15, 0.2) is 0 Å². The summed E-state index contributed by atoms with van der Waals surface area (Å²) in [5.74, 6) is -1.01. The summed E-state index contributed by atoms with van der Waals surface area (Å²) in [6, 6.07) is 13.3. The van der Waals surface area contributed by atoms with Gasteiger partial charge in [-0.25, -0.2) is 0 Å². The number of anilines is 1. The topological polar surface area (TPSA) is 87.3 Å². The van der Waals surface area contributed by atoms with Gasteiger partial charge < -0.3 is 5.32 Å². The first-order chi connectivity index (χ1) is 14.5. The van der Waals surface area contributed by atoms with Crippen molar-refractivity contribution >= 4 is 44.8 Å². The van der Waals surface area contributed by atoms with Gasteiger partial charge in [-0.05, 0) is 48.1 Å². The molecule has 0 spiro atoms. The van der Waals surface area contributed by atoms with E-state index in [2.05, 4.69) is 16.2 Å². The summed E-state index contributed by atoms with van der Waals surface area (Å²) in [5, 5.41) is 5.34. The third-order valence-corrected chi connectivity index (χ3v) is 6.47. The molecular formula is C23H23N3O3S. The van der Waals surface area contributed by atoms with E-state index in [-0.39, 0.29) is 11.8 Å². The minimum atomic E-state index is -0.405. The van der Waals surface area contributed by atoms with Gasteiger partial charge in [-0.3, -0.25) is 25.2 Å². The van der Waals surface area contributed by atoms with E-state index >= 15 is 0 Å². The van der Waals surface area contributed by atoms with Crippen LogP contribution < -0.4 is 16.2 Å². The lowest BCUT2D eigenvalue weighted by Gasteiger charge is -2.11. The van der Waals surface area contributed by atoms with Gasteiger partial charge in [0.25, 0.3) is 11.8 Å². The average Bonchev–Trinajstić information content (AvgIpc) is 2.91. The summed E-state index contributed by atoms with van der Waals surface area (Å²) in [6.45, 7) is 1.33. The fourth-order valence-corrected chi connectivity index (χ4v) is 5.15. The third-order valence-electron chi connectivity index (χ3n) is 5.26. The summed E-state index contributed by atoms with van der Waals surface area (Å²) in [5.41, 5.74) is 6.80. The number of rotatable bonds is 3. The van der Waals surface area contributed by atoms with Crippen LogP contribution in [-0.4, -0.2) is 17.7 Å². The van der Waals surface area contributed by atoms with Gasteiger partial charge in [0.2, 0.25) is 5.91 Å². The molecule has 0 fully saturated rings. The van der Waals surface area contributed by atoms with Crippen molar-refractivity contribution in [2.24, 2.45) is 0 Å². The molecule has 0 saturated carbocycles. The van der Waals surface area contributed by atoms with Gasteiger partial charge in [-0.15, -0.1) is 11.3 Å². The summed E-state index contributed by atoms with van der Waals surface area (Å²) in [7, 11) is 0. The number of carbonyl (C=O) groups is 3. The molecule has 0 radical (unpaired) electrons. The van der Waals surface area contributed by atoms with E-state index in [1.165, 1.54) is 18.3 Å². The molecule has 0 saturated heterocycles. The molecule has 3 N–H and O–H groups in total. The first-order valence-corrected chi connectivity index (χ1v) is 10.9. The van der Waals surface area contributed by atoms with Crippen molar-refractivity contribution in [3.63, 3.8) is 0 Å². The molecule has 30 heavy (non-hydrogen) atoms. The predicted molar refractivity (Wildman–Crippen MR) is 119 cm³/mol.